The van der Waals surface area contributed by atoms with Crippen LogP contribution in [0.15, 0.2) is 12.2 Å². The fourth-order valence-corrected chi connectivity index (χ4v) is 3.08. The van der Waals surface area contributed by atoms with Crippen LogP contribution in [0.25, 0.3) is 0 Å². The molecule has 1 unspecified atom stereocenters. The summed E-state index contributed by atoms with van der Waals surface area (Å²) < 4.78 is 32.3. The third-order valence-corrected chi connectivity index (χ3v) is 4.91. The van der Waals surface area contributed by atoms with Gasteiger partial charge in [0.05, 0.1) is 19.3 Å². The molecule has 3 atom stereocenters. The predicted octanol–water partition coefficient (Wildman–Crippen LogP) is 3.31. The van der Waals surface area contributed by atoms with Crippen molar-refractivity contribution in [3.63, 3.8) is 0 Å². The zero-order chi connectivity index (χ0) is 21.2. The Balaban J connectivity index is 2.55. The zero-order valence-corrected chi connectivity index (χ0v) is 16.9. The van der Waals surface area contributed by atoms with Crippen molar-refractivity contribution in [3.05, 3.63) is 12.2 Å². The lowest BCUT2D eigenvalue weighted by Gasteiger charge is -2.22. The molecule has 1 aliphatic rings. The van der Waals surface area contributed by atoms with E-state index in [1.807, 2.05) is 6.92 Å². The molecule has 0 aliphatic carbocycles. The van der Waals surface area contributed by atoms with Crippen molar-refractivity contribution >= 4 is 11.9 Å². The molecule has 0 saturated carbocycles. The Hall–Kier alpha value is -1.94. The van der Waals surface area contributed by atoms with Gasteiger partial charge >= 0.3 is 11.9 Å². The Labute approximate surface area is 166 Å². The maximum atomic E-state index is 13.9. The van der Waals surface area contributed by atoms with Crippen LogP contribution in [0.5, 0.6) is 0 Å². The van der Waals surface area contributed by atoms with Crippen molar-refractivity contribution in [1.29, 1.82) is 0 Å². The lowest BCUT2D eigenvalue weighted by atomic mass is 10.00. The molecule has 7 heteroatoms. The maximum Gasteiger partial charge on any atom is 0.327 e. The number of hydrogen-bond acceptors (Lipinski definition) is 4. The van der Waals surface area contributed by atoms with Gasteiger partial charge < -0.3 is 14.7 Å². The molecule has 158 valence electrons. The number of rotatable bonds is 11. The topological polar surface area (TPSA) is 66.8 Å². The fourth-order valence-electron chi connectivity index (χ4n) is 3.08. The van der Waals surface area contributed by atoms with Crippen LogP contribution in [-0.2, 0) is 14.3 Å². The Morgan fingerprint density at radius 2 is 2.07 bits per heavy atom. The molecule has 1 fully saturated rings. The molecule has 28 heavy (non-hydrogen) atoms. The van der Waals surface area contributed by atoms with E-state index in [9.17, 15) is 23.5 Å². The molecule has 0 bridgehead atoms. The molecule has 1 heterocycles. The maximum absolute atomic E-state index is 13.9. The van der Waals surface area contributed by atoms with E-state index in [1.54, 1.807) is 6.92 Å². The highest BCUT2D eigenvalue weighted by Crippen LogP contribution is 2.34. The van der Waals surface area contributed by atoms with Crippen molar-refractivity contribution in [2.45, 2.75) is 76.9 Å². The van der Waals surface area contributed by atoms with Crippen LogP contribution in [0.4, 0.5) is 8.78 Å². The molecular formula is C21H31F2NO4. The first-order valence-corrected chi connectivity index (χ1v) is 9.74. The molecule has 5 nitrogen and oxygen atoms in total. The van der Waals surface area contributed by atoms with E-state index in [0.717, 1.165) is 12.8 Å². The third-order valence-electron chi connectivity index (χ3n) is 4.91. The predicted molar refractivity (Wildman–Crippen MR) is 103 cm³/mol. The molecule has 0 radical (unpaired) electrons. The van der Waals surface area contributed by atoms with Gasteiger partial charge in [-0.25, -0.2) is 0 Å². The first-order valence-electron chi connectivity index (χ1n) is 9.74. The summed E-state index contributed by atoms with van der Waals surface area (Å²) in [5, 5.41) is 10.1. The second-order valence-corrected chi connectivity index (χ2v) is 7.20. The van der Waals surface area contributed by atoms with Crippen LogP contribution in [0.1, 0.15) is 58.8 Å². The van der Waals surface area contributed by atoms with Crippen LogP contribution in [0.3, 0.4) is 0 Å². The summed E-state index contributed by atoms with van der Waals surface area (Å²) in [6.45, 7) is 3.78. The molecule has 0 spiro atoms. The van der Waals surface area contributed by atoms with E-state index in [1.165, 1.54) is 24.2 Å². The Morgan fingerprint density at radius 3 is 2.71 bits per heavy atom. The van der Waals surface area contributed by atoms with Crippen LogP contribution in [-0.4, -0.2) is 53.6 Å². The number of hydrogen-bond donors (Lipinski definition) is 1. The number of ether oxygens (including phenoxy) is 1. The zero-order valence-electron chi connectivity index (χ0n) is 16.9. The molecule has 1 aliphatic heterocycles. The van der Waals surface area contributed by atoms with Gasteiger partial charge in [-0.1, -0.05) is 31.9 Å². The molecule has 1 amide bonds. The lowest BCUT2D eigenvalue weighted by Crippen LogP contribution is -2.36. The number of aliphatic hydroxyl groups is 1. The summed E-state index contributed by atoms with van der Waals surface area (Å²) in [4.78, 5) is 24.3. The molecule has 1 rings (SSSR count). The number of carbonyl (C=O) groups excluding carboxylic acids is 2. The van der Waals surface area contributed by atoms with Crippen LogP contribution < -0.4 is 0 Å². The molecule has 1 N–H and O–H groups in total. The van der Waals surface area contributed by atoms with Gasteiger partial charge in [-0.3, -0.25) is 9.59 Å². The number of likely N-dealkylation sites (tertiary alicyclic amines) is 1. The van der Waals surface area contributed by atoms with Crippen LogP contribution >= 0.6 is 0 Å². The van der Waals surface area contributed by atoms with Gasteiger partial charge in [0, 0.05) is 25.8 Å². The second-order valence-electron chi connectivity index (χ2n) is 7.20. The average molecular weight is 399 g/mol. The molecular weight excluding hydrogens is 368 g/mol. The number of halogens is 2. The minimum Gasteiger partial charge on any atom is -0.469 e. The third kappa shape index (κ3) is 7.59. The molecule has 0 aromatic heterocycles. The molecule has 0 aromatic rings. The van der Waals surface area contributed by atoms with Crippen molar-refractivity contribution in [2.75, 3.05) is 13.7 Å². The lowest BCUT2D eigenvalue weighted by molar-refractivity contribution is -0.148. The van der Waals surface area contributed by atoms with Crippen molar-refractivity contribution in [1.82, 2.24) is 4.90 Å². The quantitative estimate of drug-likeness (QED) is 0.251. The molecule has 0 aromatic carbocycles. The number of aliphatic hydroxyl groups excluding tert-OH is 1. The monoisotopic (exact) mass is 399 g/mol. The van der Waals surface area contributed by atoms with Crippen LogP contribution in [0, 0.1) is 17.8 Å². The van der Waals surface area contributed by atoms with E-state index in [-0.39, 0.29) is 18.4 Å². The normalized spacial score (nSPS) is 20.7. The largest absolute Gasteiger partial charge is 0.469 e. The number of amides is 1. The van der Waals surface area contributed by atoms with E-state index in [2.05, 4.69) is 16.6 Å². The fraction of sp³-hybridized carbons (Fsp3) is 0.714. The van der Waals surface area contributed by atoms with E-state index in [4.69, 9.17) is 0 Å². The van der Waals surface area contributed by atoms with Crippen molar-refractivity contribution in [3.8, 4) is 11.8 Å². The van der Waals surface area contributed by atoms with Gasteiger partial charge in [0.15, 0.2) is 0 Å². The van der Waals surface area contributed by atoms with Crippen molar-refractivity contribution in [2.24, 2.45) is 5.92 Å². The number of carbonyl (C=O) groups is 2. The van der Waals surface area contributed by atoms with E-state index < -0.39 is 30.4 Å². The minimum absolute atomic E-state index is 0.121. The first-order chi connectivity index (χ1) is 13.2. The highest BCUT2D eigenvalue weighted by atomic mass is 19.3. The van der Waals surface area contributed by atoms with Gasteiger partial charge in [0.25, 0.3) is 5.91 Å². The summed E-state index contributed by atoms with van der Waals surface area (Å²) in [5.74, 6) is 0.728. The van der Waals surface area contributed by atoms with Crippen molar-refractivity contribution < 1.29 is 28.2 Å². The summed E-state index contributed by atoms with van der Waals surface area (Å²) in [5.41, 5.74) is 0. The van der Waals surface area contributed by atoms with Gasteiger partial charge in [-0.2, -0.15) is 8.78 Å². The Kier molecular flexibility index (Phi) is 10.2. The number of nitrogens with zero attached hydrogens (tertiary/aromatic N) is 1. The van der Waals surface area contributed by atoms with Crippen LogP contribution in [0.2, 0.25) is 0 Å². The first kappa shape index (κ1) is 24.1. The summed E-state index contributed by atoms with van der Waals surface area (Å²) in [7, 11) is 1.34. The van der Waals surface area contributed by atoms with Gasteiger partial charge in [0.1, 0.15) is 0 Å². The standard InChI is InChI=1S/C21H31F2NO4/c1-4-5-10-16(2)18(25)13-12-17-15-21(22,23)20(27)24(17)14-9-7-6-8-11-19(26)28-3/h12-13,16-18,25H,6-11,14-15H2,1-3H3/t16-,17?,18-/m0/s1. The number of methoxy groups -OCH3 is 1. The number of unbranched alkanes of at least 4 members (excludes halogenated alkanes) is 3. The van der Waals surface area contributed by atoms with Gasteiger partial charge in [0.2, 0.25) is 0 Å². The summed E-state index contributed by atoms with van der Waals surface area (Å²) >= 11 is 0. The van der Waals surface area contributed by atoms with Gasteiger partial charge in [-0.05, 0) is 25.7 Å². The SMILES string of the molecule is CC#CC[C@H](C)[C@@H](O)C=CC1CC(F)(F)C(=O)N1CCCCCCC(=O)OC. The minimum atomic E-state index is -3.37. The Morgan fingerprint density at radius 1 is 1.39 bits per heavy atom. The summed E-state index contributed by atoms with van der Waals surface area (Å²) in [6, 6.07) is -0.725. The molecule has 1 saturated heterocycles. The Bertz CT molecular complexity index is 609. The summed E-state index contributed by atoms with van der Waals surface area (Å²) in [6.07, 6.45) is 5.23. The number of alkyl halides is 2. The smallest absolute Gasteiger partial charge is 0.327 e. The number of esters is 1. The van der Waals surface area contributed by atoms with E-state index >= 15 is 0 Å². The van der Waals surface area contributed by atoms with E-state index in [0.29, 0.717) is 25.7 Å². The van der Waals surface area contributed by atoms with Gasteiger partial charge in [-0.15, -0.1) is 11.8 Å². The average Bonchev–Trinajstić information content (AvgIpc) is 2.89. The highest BCUT2D eigenvalue weighted by molar-refractivity contribution is 5.86. The second kappa shape index (κ2) is 11.8. The highest BCUT2D eigenvalue weighted by Gasteiger charge is 2.52.